The highest BCUT2D eigenvalue weighted by molar-refractivity contribution is 7.10. The molecule has 4 rings (SSSR count). The lowest BCUT2D eigenvalue weighted by Gasteiger charge is -2.33. The van der Waals surface area contributed by atoms with E-state index in [1.807, 2.05) is 53.5 Å². The summed E-state index contributed by atoms with van der Waals surface area (Å²) in [6, 6.07) is 15.8. The molecular formula is C28H35N3O2S. The highest BCUT2D eigenvalue weighted by atomic mass is 32.1. The fraction of sp³-hybridized carbons (Fsp3) is 0.429. The summed E-state index contributed by atoms with van der Waals surface area (Å²) < 4.78 is 1.96. The molecule has 6 heteroatoms. The minimum absolute atomic E-state index is 0.0138. The lowest BCUT2D eigenvalue weighted by molar-refractivity contribution is -0.141. The number of thiophene rings is 1. The zero-order valence-electron chi connectivity index (χ0n) is 20.2. The van der Waals surface area contributed by atoms with E-state index >= 15 is 0 Å². The van der Waals surface area contributed by atoms with E-state index in [0.717, 1.165) is 36.3 Å². The van der Waals surface area contributed by atoms with Gasteiger partial charge in [0.15, 0.2) is 6.04 Å². The first kappa shape index (κ1) is 24.3. The van der Waals surface area contributed by atoms with Crippen molar-refractivity contribution in [1.82, 2.24) is 14.8 Å². The molecule has 2 aromatic heterocycles. The molecule has 2 amide bonds. The summed E-state index contributed by atoms with van der Waals surface area (Å²) in [5.41, 5.74) is 3.22. The molecule has 2 heterocycles. The van der Waals surface area contributed by atoms with Crippen LogP contribution in [-0.2, 0) is 29.5 Å². The Labute approximate surface area is 206 Å². The maximum Gasteiger partial charge on any atom is 0.249 e. The number of carbonyl (C=O) groups excluding carboxylic acids is 2. The highest BCUT2D eigenvalue weighted by Crippen LogP contribution is 2.26. The van der Waals surface area contributed by atoms with E-state index in [4.69, 9.17) is 0 Å². The summed E-state index contributed by atoms with van der Waals surface area (Å²) in [4.78, 5) is 30.3. The molecule has 1 aromatic carbocycles. The van der Waals surface area contributed by atoms with Crippen LogP contribution in [0.4, 0.5) is 0 Å². The van der Waals surface area contributed by atoms with Crippen molar-refractivity contribution in [1.29, 1.82) is 0 Å². The number of hydrogen-bond donors (Lipinski definition) is 1. The third kappa shape index (κ3) is 6.17. The second-order valence-corrected chi connectivity index (χ2v) is 10.4. The number of nitrogens with one attached hydrogen (secondary N) is 1. The predicted molar refractivity (Wildman–Crippen MR) is 138 cm³/mol. The Hall–Kier alpha value is -2.86. The van der Waals surface area contributed by atoms with Gasteiger partial charge < -0.3 is 14.8 Å². The van der Waals surface area contributed by atoms with Crippen LogP contribution in [0.15, 0.2) is 60.1 Å². The predicted octanol–water partition coefficient (Wildman–Crippen LogP) is 5.20. The molecule has 1 N–H and O–H groups in total. The van der Waals surface area contributed by atoms with Crippen LogP contribution >= 0.6 is 11.3 Å². The minimum atomic E-state index is -0.654. The molecule has 1 fully saturated rings. The average molecular weight is 478 g/mol. The quantitative estimate of drug-likeness (QED) is 0.461. The van der Waals surface area contributed by atoms with Crippen molar-refractivity contribution in [3.63, 3.8) is 0 Å². The molecule has 1 atom stereocenters. The van der Waals surface area contributed by atoms with Gasteiger partial charge in [0, 0.05) is 36.4 Å². The number of aromatic nitrogens is 1. The molecule has 1 aliphatic carbocycles. The monoisotopic (exact) mass is 477 g/mol. The number of hydrogen-bond acceptors (Lipinski definition) is 3. The van der Waals surface area contributed by atoms with Crippen LogP contribution < -0.4 is 5.32 Å². The lowest BCUT2D eigenvalue weighted by Crippen LogP contribution is -2.48. The Morgan fingerprint density at radius 3 is 2.62 bits per heavy atom. The molecule has 0 saturated heterocycles. The van der Waals surface area contributed by atoms with Gasteiger partial charge in [-0.15, -0.1) is 11.3 Å². The molecular weight excluding hydrogens is 442 g/mol. The Balaban J connectivity index is 1.63. The molecule has 180 valence electrons. The third-order valence-electron chi connectivity index (χ3n) is 6.73. The fourth-order valence-corrected chi connectivity index (χ4v) is 5.60. The van der Waals surface area contributed by atoms with Crippen molar-refractivity contribution in [2.24, 2.45) is 7.05 Å². The largest absolute Gasteiger partial charge is 0.352 e. The van der Waals surface area contributed by atoms with Crippen molar-refractivity contribution in [2.75, 3.05) is 6.54 Å². The number of amides is 2. The number of benzene rings is 1. The van der Waals surface area contributed by atoms with Gasteiger partial charge >= 0.3 is 0 Å². The second-order valence-electron chi connectivity index (χ2n) is 9.37. The van der Waals surface area contributed by atoms with E-state index in [-0.39, 0.29) is 17.9 Å². The highest BCUT2D eigenvalue weighted by Gasteiger charge is 2.34. The number of aryl methyl sites for hydroxylation is 2. The van der Waals surface area contributed by atoms with Crippen LogP contribution in [0.5, 0.6) is 0 Å². The summed E-state index contributed by atoms with van der Waals surface area (Å²) in [7, 11) is 1.94. The van der Waals surface area contributed by atoms with Crippen molar-refractivity contribution in [2.45, 2.75) is 64.0 Å². The zero-order valence-corrected chi connectivity index (χ0v) is 21.0. The van der Waals surface area contributed by atoms with Crippen LogP contribution in [0, 0.1) is 6.92 Å². The summed E-state index contributed by atoms with van der Waals surface area (Å²) in [6.07, 6.45) is 8.51. The van der Waals surface area contributed by atoms with E-state index in [1.165, 1.54) is 17.5 Å². The van der Waals surface area contributed by atoms with Crippen LogP contribution in [-0.4, -0.2) is 33.9 Å². The topological polar surface area (TPSA) is 54.3 Å². The van der Waals surface area contributed by atoms with Gasteiger partial charge in [-0.2, -0.15) is 0 Å². The van der Waals surface area contributed by atoms with Gasteiger partial charge in [0.1, 0.15) is 0 Å². The SMILES string of the molecule is Cc1cccc(CCN(C(=O)Cc2cccs2)[C@@H](C(=O)NC2CCCCC2)c2cccn2C)c1. The summed E-state index contributed by atoms with van der Waals surface area (Å²) in [6.45, 7) is 2.56. The molecule has 3 aromatic rings. The van der Waals surface area contributed by atoms with Gasteiger partial charge in [0.2, 0.25) is 11.8 Å². The number of nitrogens with zero attached hydrogens (tertiary/aromatic N) is 2. The summed E-state index contributed by atoms with van der Waals surface area (Å²) >= 11 is 1.58. The molecule has 0 aliphatic heterocycles. The van der Waals surface area contributed by atoms with Gasteiger partial charge in [-0.25, -0.2) is 0 Å². The molecule has 5 nitrogen and oxygen atoms in total. The Morgan fingerprint density at radius 2 is 1.94 bits per heavy atom. The van der Waals surface area contributed by atoms with Gasteiger partial charge in [0.05, 0.1) is 6.42 Å². The Kier molecular flexibility index (Phi) is 8.22. The van der Waals surface area contributed by atoms with Crippen LogP contribution in [0.2, 0.25) is 0 Å². The van der Waals surface area contributed by atoms with Crippen LogP contribution in [0.3, 0.4) is 0 Å². The van der Waals surface area contributed by atoms with E-state index in [9.17, 15) is 9.59 Å². The maximum atomic E-state index is 13.8. The van der Waals surface area contributed by atoms with E-state index in [2.05, 4.69) is 30.4 Å². The molecule has 0 unspecified atom stereocenters. The Bertz CT molecular complexity index is 1080. The third-order valence-corrected chi connectivity index (χ3v) is 7.60. The Morgan fingerprint density at radius 1 is 1.12 bits per heavy atom. The van der Waals surface area contributed by atoms with Gasteiger partial charge in [-0.3, -0.25) is 9.59 Å². The zero-order chi connectivity index (χ0) is 23.9. The van der Waals surface area contributed by atoms with E-state index in [1.54, 1.807) is 16.2 Å². The van der Waals surface area contributed by atoms with Crippen molar-refractivity contribution < 1.29 is 9.59 Å². The lowest BCUT2D eigenvalue weighted by atomic mass is 9.95. The molecule has 1 saturated carbocycles. The molecule has 0 radical (unpaired) electrons. The first-order chi connectivity index (χ1) is 16.5. The standard InChI is InChI=1S/C28H35N3O2S/c1-21-9-6-10-22(19-21)15-17-31(26(32)20-24-13-8-18-34-24)27(25-14-7-16-30(25)2)28(33)29-23-11-4-3-5-12-23/h6-10,13-14,16,18-19,23,27H,3-5,11-12,15,17,20H2,1-2H3,(H,29,33)/t27-/m1/s1. The van der Waals surface area contributed by atoms with Gasteiger partial charge in [0.25, 0.3) is 0 Å². The van der Waals surface area contributed by atoms with E-state index in [0.29, 0.717) is 19.4 Å². The smallest absolute Gasteiger partial charge is 0.249 e. The van der Waals surface area contributed by atoms with E-state index < -0.39 is 6.04 Å². The van der Waals surface area contributed by atoms with Gasteiger partial charge in [-0.05, 0) is 55.3 Å². The van der Waals surface area contributed by atoms with Gasteiger partial charge in [-0.1, -0.05) is 55.2 Å². The summed E-state index contributed by atoms with van der Waals surface area (Å²) in [5.74, 6) is -0.0856. The van der Waals surface area contributed by atoms with Crippen LogP contribution in [0.25, 0.3) is 0 Å². The second kappa shape index (κ2) is 11.5. The van der Waals surface area contributed by atoms with Crippen molar-refractivity contribution in [3.8, 4) is 0 Å². The number of rotatable bonds is 9. The molecule has 0 spiro atoms. The minimum Gasteiger partial charge on any atom is -0.352 e. The summed E-state index contributed by atoms with van der Waals surface area (Å²) in [5, 5.41) is 5.28. The molecule has 1 aliphatic rings. The normalized spacial score (nSPS) is 15.1. The molecule has 0 bridgehead atoms. The fourth-order valence-electron chi connectivity index (χ4n) is 4.90. The average Bonchev–Trinajstić information content (AvgIpc) is 3.49. The molecule has 34 heavy (non-hydrogen) atoms. The maximum absolute atomic E-state index is 13.8. The first-order valence-electron chi connectivity index (χ1n) is 12.3. The first-order valence-corrected chi connectivity index (χ1v) is 13.2. The van der Waals surface area contributed by atoms with Crippen molar-refractivity contribution in [3.05, 3.63) is 81.8 Å². The number of carbonyl (C=O) groups is 2. The van der Waals surface area contributed by atoms with Crippen LogP contribution in [0.1, 0.15) is 59.8 Å². The van der Waals surface area contributed by atoms with Crippen molar-refractivity contribution >= 4 is 23.2 Å².